The third-order valence-electron chi connectivity index (χ3n) is 9.50. The molecule has 1 aliphatic rings. The van der Waals surface area contributed by atoms with Gasteiger partial charge in [0.1, 0.15) is 22.8 Å². The molecule has 0 aliphatic heterocycles. The maximum atomic E-state index is 14.0. The van der Waals surface area contributed by atoms with Crippen molar-refractivity contribution in [2.45, 2.75) is 47.5 Å². The normalized spacial score (nSPS) is 14.0. The van der Waals surface area contributed by atoms with Crippen LogP contribution in [0.4, 0.5) is 0 Å². The molecule has 5 aromatic rings. The Morgan fingerprint density at radius 3 is 2.00 bits per heavy atom. The van der Waals surface area contributed by atoms with Gasteiger partial charge in [-0.05, 0) is 66.0 Å². The van der Waals surface area contributed by atoms with Gasteiger partial charge in [0.05, 0.1) is 18.1 Å². The summed E-state index contributed by atoms with van der Waals surface area (Å²) < 4.78 is 10.8. The topological polar surface area (TPSA) is 195 Å². The lowest BCUT2D eigenvalue weighted by molar-refractivity contribution is -0.112. The minimum Gasteiger partial charge on any atom is -0.507 e. The van der Waals surface area contributed by atoms with Gasteiger partial charge in [-0.3, -0.25) is 9.59 Å². The molecule has 0 saturated carbocycles. The molecule has 0 radical (unpaired) electrons. The van der Waals surface area contributed by atoms with Crippen molar-refractivity contribution in [1.82, 2.24) is 0 Å². The van der Waals surface area contributed by atoms with Crippen LogP contribution in [0.5, 0.6) is 34.5 Å². The van der Waals surface area contributed by atoms with Gasteiger partial charge in [-0.25, -0.2) is 4.79 Å². The van der Waals surface area contributed by atoms with E-state index < -0.39 is 57.4 Å². The van der Waals surface area contributed by atoms with Crippen molar-refractivity contribution in [3.63, 3.8) is 0 Å². The van der Waals surface area contributed by atoms with Gasteiger partial charge < -0.3 is 39.8 Å². The number of hydrogen-bond acceptors (Lipinski definition) is 11. The molecule has 11 heteroatoms. The van der Waals surface area contributed by atoms with Gasteiger partial charge in [0, 0.05) is 38.8 Å². The number of fused-ring (bicyclic) bond motifs is 3. The summed E-state index contributed by atoms with van der Waals surface area (Å²) in [7, 11) is 1.37. The van der Waals surface area contributed by atoms with Crippen LogP contribution in [0.15, 0.2) is 45.3 Å². The van der Waals surface area contributed by atoms with Gasteiger partial charge in [0.15, 0.2) is 34.9 Å². The SMILES string of the molecule is COc1cccc2c(O)c(/C=C3\C(=O)C(O)=C(C(C)C)c4cc(C)c(-c5c(C)cc6c(C(C)C)c(O)c(O)c(C=O)c6c5O)c(O)c43)c(=O)oc12. The number of aldehydes is 1. The van der Waals surface area contributed by atoms with Crippen molar-refractivity contribution >= 4 is 51.0 Å². The first-order valence-corrected chi connectivity index (χ1v) is 16.2. The summed E-state index contributed by atoms with van der Waals surface area (Å²) in [6.45, 7) is 10.4. The fourth-order valence-corrected chi connectivity index (χ4v) is 7.24. The molecule has 0 bridgehead atoms. The third kappa shape index (κ3) is 4.99. The highest BCUT2D eigenvalue weighted by atomic mass is 16.5. The highest BCUT2D eigenvalue weighted by Gasteiger charge is 2.37. The molecule has 4 aromatic carbocycles. The summed E-state index contributed by atoms with van der Waals surface area (Å²) in [5.74, 6) is -4.81. The number of carbonyl (C=O) groups excluding carboxylic acids is 2. The van der Waals surface area contributed by atoms with E-state index in [1.165, 1.54) is 19.2 Å². The third-order valence-corrected chi connectivity index (χ3v) is 9.50. The Morgan fingerprint density at radius 2 is 1.39 bits per heavy atom. The van der Waals surface area contributed by atoms with Crippen LogP contribution in [0, 0.1) is 19.8 Å². The van der Waals surface area contributed by atoms with Gasteiger partial charge in [0.2, 0.25) is 5.78 Å². The Morgan fingerprint density at radius 1 is 0.745 bits per heavy atom. The number of ketones is 1. The number of allylic oxidation sites excluding steroid dienone is 2. The van der Waals surface area contributed by atoms with E-state index >= 15 is 0 Å². The number of phenols is 4. The molecular formula is C40H36O11. The summed E-state index contributed by atoms with van der Waals surface area (Å²) in [6.07, 6.45) is 1.36. The van der Waals surface area contributed by atoms with Crippen LogP contribution < -0.4 is 10.4 Å². The Bertz CT molecular complexity index is 2490. The molecule has 0 unspecified atom stereocenters. The molecule has 0 atom stereocenters. The molecule has 262 valence electrons. The van der Waals surface area contributed by atoms with Gasteiger partial charge in [-0.1, -0.05) is 45.9 Å². The zero-order chi connectivity index (χ0) is 37.4. The van der Waals surface area contributed by atoms with Crippen LogP contribution in [0.25, 0.3) is 50.1 Å². The lowest BCUT2D eigenvalue weighted by Crippen LogP contribution is -2.19. The first kappa shape index (κ1) is 34.6. The molecule has 51 heavy (non-hydrogen) atoms. The number of ether oxygens (including phenoxy) is 1. The number of hydrogen-bond donors (Lipinski definition) is 6. The van der Waals surface area contributed by atoms with Crippen LogP contribution >= 0.6 is 0 Å². The number of methoxy groups -OCH3 is 1. The van der Waals surface area contributed by atoms with Gasteiger partial charge >= 0.3 is 5.63 Å². The zero-order valence-electron chi connectivity index (χ0n) is 28.9. The number of aryl methyl sites for hydroxylation is 2. The van der Waals surface area contributed by atoms with Crippen molar-refractivity contribution in [2.75, 3.05) is 7.11 Å². The Labute approximate surface area is 291 Å². The predicted octanol–water partition coefficient (Wildman–Crippen LogP) is 7.75. The fourth-order valence-electron chi connectivity index (χ4n) is 7.24. The second kappa shape index (κ2) is 12.3. The molecule has 1 heterocycles. The first-order valence-electron chi connectivity index (χ1n) is 16.2. The molecule has 11 nitrogen and oxygen atoms in total. The standard InChI is InChI=1S/C40H36O11/c1-15(2)26-20-11-17(5)28(29-18(6)12-21-27(16(3)4)38(48)34(44)24(14-41)31(21)36(29)46)35(45)30(20)22(33(43)37(26)47)13-23-32(42)19-9-8-10-25(50-7)39(19)51-40(23)49/h8-16,42,44-48H,1-7H3/b22-13-. The summed E-state index contributed by atoms with van der Waals surface area (Å²) >= 11 is 0. The minimum atomic E-state index is -1.02. The number of rotatable bonds is 6. The number of phenolic OH excluding ortho intramolecular Hbond substituents is 4. The lowest BCUT2D eigenvalue weighted by atomic mass is 9.76. The van der Waals surface area contributed by atoms with Gasteiger partial charge in [-0.15, -0.1) is 0 Å². The molecule has 6 N–H and O–H groups in total. The maximum absolute atomic E-state index is 14.0. The van der Waals surface area contributed by atoms with Crippen molar-refractivity contribution < 1.29 is 49.4 Å². The number of Topliss-reactive ketones (excluding diaryl/α,β-unsaturated/α-hetero) is 1. The smallest absolute Gasteiger partial charge is 0.347 e. The molecule has 1 aromatic heterocycles. The number of carbonyl (C=O) groups is 2. The molecule has 0 spiro atoms. The number of benzene rings is 4. The van der Waals surface area contributed by atoms with Crippen LogP contribution in [0.3, 0.4) is 0 Å². The Hall–Kier alpha value is -6.23. The van der Waals surface area contributed by atoms with E-state index in [9.17, 15) is 45.0 Å². The second-order valence-electron chi connectivity index (χ2n) is 13.3. The molecule has 1 aliphatic carbocycles. The number of aliphatic hydroxyl groups excluding tert-OH is 1. The summed E-state index contributed by atoms with van der Waals surface area (Å²) in [5.41, 5.74) is -0.515. The van der Waals surface area contributed by atoms with Crippen molar-refractivity contribution in [2.24, 2.45) is 5.92 Å². The summed E-state index contributed by atoms with van der Waals surface area (Å²) in [6, 6.07) is 7.86. The van der Waals surface area contributed by atoms with E-state index in [1.54, 1.807) is 59.7 Å². The highest BCUT2D eigenvalue weighted by Crippen LogP contribution is 2.54. The largest absolute Gasteiger partial charge is 0.507 e. The van der Waals surface area contributed by atoms with E-state index in [4.69, 9.17) is 9.15 Å². The van der Waals surface area contributed by atoms with E-state index in [-0.39, 0.29) is 67.0 Å². The monoisotopic (exact) mass is 692 g/mol. The lowest BCUT2D eigenvalue weighted by Gasteiger charge is -2.28. The number of para-hydroxylation sites is 1. The minimum absolute atomic E-state index is 0.0254. The predicted molar refractivity (Wildman–Crippen MR) is 193 cm³/mol. The number of aliphatic hydroxyl groups is 1. The van der Waals surface area contributed by atoms with E-state index in [1.807, 2.05) is 0 Å². The summed E-state index contributed by atoms with van der Waals surface area (Å²) in [5, 5.41) is 68.7. The quantitative estimate of drug-likeness (QED) is 0.0441. The maximum Gasteiger partial charge on any atom is 0.347 e. The molecule has 6 rings (SSSR count). The van der Waals surface area contributed by atoms with Gasteiger partial charge in [0.25, 0.3) is 0 Å². The van der Waals surface area contributed by atoms with Crippen LogP contribution in [-0.4, -0.2) is 49.8 Å². The second-order valence-corrected chi connectivity index (χ2v) is 13.3. The van der Waals surface area contributed by atoms with Crippen LogP contribution in [-0.2, 0) is 4.79 Å². The van der Waals surface area contributed by atoms with Crippen molar-refractivity contribution in [3.05, 3.63) is 85.5 Å². The van der Waals surface area contributed by atoms with Crippen molar-refractivity contribution in [1.29, 1.82) is 0 Å². The summed E-state index contributed by atoms with van der Waals surface area (Å²) in [4.78, 5) is 39.6. The molecule has 0 amide bonds. The Kier molecular flexibility index (Phi) is 8.33. The molecule has 0 saturated heterocycles. The average molecular weight is 693 g/mol. The highest BCUT2D eigenvalue weighted by molar-refractivity contribution is 6.37. The van der Waals surface area contributed by atoms with Crippen molar-refractivity contribution in [3.8, 4) is 45.6 Å². The average Bonchev–Trinajstić information content (AvgIpc) is 3.06. The van der Waals surface area contributed by atoms with Crippen LogP contribution in [0.2, 0.25) is 0 Å². The Balaban J connectivity index is 1.74. The molecular weight excluding hydrogens is 656 g/mol. The zero-order valence-corrected chi connectivity index (χ0v) is 28.9. The fraction of sp³-hybridized carbons (Fsp3) is 0.225. The van der Waals surface area contributed by atoms with Gasteiger partial charge in [-0.2, -0.15) is 0 Å². The molecule has 0 fully saturated rings. The van der Waals surface area contributed by atoms with E-state index in [2.05, 4.69) is 0 Å². The van der Waals surface area contributed by atoms with E-state index in [0.29, 0.717) is 28.4 Å². The number of aromatic hydroxyl groups is 5. The van der Waals surface area contributed by atoms with Crippen LogP contribution in [0.1, 0.15) is 77.4 Å². The van der Waals surface area contributed by atoms with E-state index in [0.717, 1.165) is 6.08 Å². The first-order chi connectivity index (χ1) is 24.1.